The number of benzene rings is 2. The van der Waals surface area contributed by atoms with Crippen LogP contribution >= 0.6 is 0 Å². The minimum Gasteiger partial charge on any atom is -0.271 e. The van der Waals surface area contributed by atoms with E-state index in [-0.39, 0.29) is 5.56 Å². The highest BCUT2D eigenvalue weighted by atomic mass is 19.1. The summed E-state index contributed by atoms with van der Waals surface area (Å²) in [4.78, 5) is 0. The average molecular weight is 280 g/mol. The van der Waals surface area contributed by atoms with Crippen LogP contribution in [0.25, 0.3) is 0 Å². The van der Waals surface area contributed by atoms with Crippen LogP contribution in [0.15, 0.2) is 42.5 Å². The number of nitrogens with two attached hydrogens (primary N) is 1. The van der Waals surface area contributed by atoms with Crippen molar-refractivity contribution in [2.24, 2.45) is 5.84 Å². The van der Waals surface area contributed by atoms with Crippen molar-refractivity contribution < 1.29 is 13.2 Å². The van der Waals surface area contributed by atoms with Gasteiger partial charge in [0, 0.05) is 17.7 Å². The summed E-state index contributed by atoms with van der Waals surface area (Å²) in [6, 6.07) is 10.1. The molecule has 0 aliphatic heterocycles. The lowest BCUT2D eigenvalue weighted by Gasteiger charge is -2.18. The molecule has 0 radical (unpaired) electrons. The van der Waals surface area contributed by atoms with Crippen LogP contribution in [0.4, 0.5) is 13.2 Å². The van der Waals surface area contributed by atoms with E-state index < -0.39 is 23.5 Å². The third-order valence-electron chi connectivity index (χ3n) is 3.16. The van der Waals surface area contributed by atoms with Crippen molar-refractivity contribution in [2.75, 3.05) is 0 Å². The van der Waals surface area contributed by atoms with Crippen molar-refractivity contribution in [3.05, 3.63) is 71.0 Å². The number of hydrogen-bond acceptors (Lipinski definition) is 2. The Hall–Kier alpha value is -1.85. The molecular weight excluding hydrogens is 265 g/mol. The Balaban J connectivity index is 2.17. The normalized spacial score (nSPS) is 12.4. The highest BCUT2D eigenvalue weighted by molar-refractivity contribution is 5.25. The summed E-state index contributed by atoms with van der Waals surface area (Å²) >= 11 is 0. The second kappa shape index (κ2) is 6.54. The van der Waals surface area contributed by atoms with E-state index in [0.717, 1.165) is 5.56 Å². The Bertz CT molecular complexity index is 550. The quantitative estimate of drug-likeness (QED) is 0.652. The van der Waals surface area contributed by atoms with Gasteiger partial charge in [-0.05, 0) is 18.4 Å². The standard InChI is InChI=1S/C15H15F3N2/c16-11-8-12(17)15(13(18)9-11)14(20-19)7-6-10-4-2-1-3-5-10/h1-5,8-9,14,20H,6-7,19H2. The predicted octanol–water partition coefficient (Wildman–Crippen LogP) is 3.24. The zero-order chi connectivity index (χ0) is 14.5. The third-order valence-corrected chi connectivity index (χ3v) is 3.16. The lowest BCUT2D eigenvalue weighted by Crippen LogP contribution is -2.30. The molecule has 0 fully saturated rings. The summed E-state index contributed by atoms with van der Waals surface area (Å²) in [6.07, 6.45) is 1.01. The summed E-state index contributed by atoms with van der Waals surface area (Å²) in [5, 5.41) is 0. The second-order valence-electron chi connectivity index (χ2n) is 4.53. The first kappa shape index (κ1) is 14.6. The topological polar surface area (TPSA) is 38.0 Å². The molecule has 20 heavy (non-hydrogen) atoms. The molecule has 0 saturated carbocycles. The fourth-order valence-electron chi connectivity index (χ4n) is 2.15. The molecule has 5 heteroatoms. The summed E-state index contributed by atoms with van der Waals surface area (Å²) in [5.74, 6) is 2.56. The highest BCUT2D eigenvalue weighted by Gasteiger charge is 2.20. The number of aryl methyl sites for hydroxylation is 1. The van der Waals surface area contributed by atoms with Gasteiger partial charge in [0.2, 0.25) is 0 Å². The molecule has 0 amide bonds. The fourth-order valence-corrected chi connectivity index (χ4v) is 2.15. The van der Waals surface area contributed by atoms with Crippen molar-refractivity contribution in [3.63, 3.8) is 0 Å². The van der Waals surface area contributed by atoms with Gasteiger partial charge in [-0.2, -0.15) is 0 Å². The largest absolute Gasteiger partial charge is 0.271 e. The van der Waals surface area contributed by atoms with Crippen LogP contribution in [0.2, 0.25) is 0 Å². The second-order valence-corrected chi connectivity index (χ2v) is 4.53. The molecule has 2 aromatic carbocycles. The van der Waals surface area contributed by atoms with E-state index in [1.807, 2.05) is 30.3 Å². The van der Waals surface area contributed by atoms with Gasteiger partial charge in [0.1, 0.15) is 17.5 Å². The Kier molecular flexibility index (Phi) is 4.76. The summed E-state index contributed by atoms with van der Waals surface area (Å²) in [6.45, 7) is 0. The van der Waals surface area contributed by atoms with Gasteiger partial charge in [-0.15, -0.1) is 0 Å². The molecule has 2 nitrogen and oxygen atoms in total. The van der Waals surface area contributed by atoms with Gasteiger partial charge >= 0.3 is 0 Å². The zero-order valence-electron chi connectivity index (χ0n) is 10.7. The maximum Gasteiger partial charge on any atom is 0.133 e. The zero-order valence-corrected chi connectivity index (χ0v) is 10.7. The van der Waals surface area contributed by atoms with E-state index in [1.54, 1.807) is 0 Å². The summed E-state index contributed by atoms with van der Waals surface area (Å²) in [5.41, 5.74) is 3.19. The first-order valence-corrected chi connectivity index (χ1v) is 6.26. The predicted molar refractivity (Wildman–Crippen MR) is 71.1 cm³/mol. The minimum absolute atomic E-state index is 0.232. The van der Waals surface area contributed by atoms with Crippen LogP contribution in [0.5, 0.6) is 0 Å². The summed E-state index contributed by atoms with van der Waals surface area (Å²) in [7, 11) is 0. The molecule has 3 N–H and O–H groups in total. The fraction of sp³-hybridized carbons (Fsp3) is 0.200. The van der Waals surface area contributed by atoms with E-state index in [2.05, 4.69) is 5.43 Å². The molecule has 0 aliphatic carbocycles. The van der Waals surface area contributed by atoms with Gasteiger partial charge < -0.3 is 0 Å². The van der Waals surface area contributed by atoms with E-state index in [4.69, 9.17) is 5.84 Å². The molecular formula is C15H15F3N2. The van der Waals surface area contributed by atoms with E-state index in [1.165, 1.54) is 0 Å². The van der Waals surface area contributed by atoms with Crippen LogP contribution in [-0.4, -0.2) is 0 Å². The molecule has 0 saturated heterocycles. The maximum absolute atomic E-state index is 13.7. The van der Waals surface area contributed by atoms with Gasteiger partial charge in [-0.1, -0.05) is 30.3 Å². The first-order chi connectivity index (χ1) is 9.61. The van der Waals surface area contributed by atoms with Crippen LogP contribution in [0, 0.1) is 17.5 Å². The van der Waals surface area contributed by atoms with Crippen molar-refractivity contribution in [3.8, 4) is 0 Å². The SMILES string of the molecule is NNC(CCc1ccccc1)c1c(F)cc(F)cc1F. The molecule has 0 aliphatic rings. The van der Waals surface area contributed by atoms with E-state index in [0.29, 0.717) is 25.0 Å². The molecule has 2 rings (SSSR count). The Labute approximate surface area is 115 Å². The van der Waals surface area contributed by atoms with Crippen LogP contribution < -0.4 is 11.3 Å². The average Bonchev–Trinajstić information content (AvgIpc) is 2.42. The number of halogens is 3. The van der Waals surface area contributed by atoms with Crippen LogP contribution in [0.1, 0.15) is 23.6 Å². The van der Waals surface area contributed by atoms with Crippen LogP contribution in [-0.2, 0) is 6.42 Å². The summed E-state index contributed by atoms with van der Waals surface area (Å²) < 4.78 is 40.3. The van der Waals surface area contributed by atoms with Crippen molar-refractivity contribution in [1.82, 2.24) is 5.43 Å². The van der Waals surface area contributed by atoms with Gasteiger partial charge in [-0.25, -0.2) is 13.2 Å². The number of hydrazine groups is 1. The molecule has 106 valence electrons. The van der Waals surface area contributed by atoms with E-state index in [9.17, 15) is 13.2 Å². The van der Waals surface area contributed by atoms with Gasteiger partial charge in [0.05, 0.1) is 6.04 Å². The molecule has 0 heterocycles. The molecule has 0 spiro atoms. The van der Waals surface area contributed by atoms with Gasteiger partial charge in [0.15, 0.2) is 0 Å². The maximum atomic E-state index is 13.7. The van der Waals surface area contributed by atoms with Crippen molar-refractivity contribution >= 4 is 0 Å². The van der Waals surface area contributed by atoms with E-state index >= 15 is 0 Å². The number of hydrogen-bond donors (Lipinski definition) is 2. The highest BCUT2D eigenvalue weighted by Crippen LogP contribution is 2.25. The Morgan fingerprint density at radius 3 is 2.15 bits per heavy atom. The molecule has 0 bridgehead atoms. The van der Waals surface area contributed by atoms with Gasteiger partial charge in [-0.3, -0.25) is 11.3 Å². The lowest BCUT2D eigenvalue weighted by molar-refractivity contribution is 0.446. The number of nitrogens with one attached hydrogen (secondary N) is 1. The molecule has 0 aromatic heterocycles. The molecule has 1 atom stereocenters. The first-order valence-electron chi connectivity index (χ1n) is 6.26. The lowest BCUT2D eigenvalue weighted by atomic mass is 9.98. The smallest absolute Gasteiger partial charge is 0.133 e. The monoisotopic (exact) mass is 280 g/mol. The van der Waals surface area contributed by atoms with Crippen LogP contribution in [0.3, 0.4) is 0 Å². The minimum atomic E-state index is -0.942. The third kappa shape index (κ3) is 3.37. The molecule has 2 aromatic rings. The van der Waals surface area contributed by atoms with Gasteiger partial charge in [0.25, 0.3) is 0 Å². The Morgan fingerprint density at radius 2 is 1.60 bits per heavy atom. The molecule has 1 unspecified atom stereocenters. The van der Waals surface area contributed by atoms with Crippen molar-refractivity contribution in [2.45, 2.75) is 18.9 Å². The number of rotatable bonds is 5. The Morgan fingerprint density at radius 1 is 1.00 bits per heavy atom. The van der Waals surface area contributed by atoms with Crippen molar-refractivity contribution in [1.29, 1.82) is 0 Å².